The van der Waals surface area contributed by atoms with Crippen LogP contribution in [0.3, 0.4) is 0 Å². The van der Waals surface area contributed by atoms with E-state index in [1.165, 1.54) is 30.2 Å². The van der Waals surface area contributed by atoms with Gasteiger partial charge in [-0.15, -0.1) is 0 Å². The van der Waals surface area contributed by atoms with Gasteiger partial charge in [0.25, 0.3) is 0 Å². The molecule has 3 aromatic carbocycles. The Labute approximate surface area is 171 Å². The molecular weight excluding hydrogens is 373 g/mol. The van der Waals surface area contributed by atoms with E-state index >= 15 is 4.57 Å². The minimum Gasteiger partial charge on any atom is -0.354 e. The molecule has 2 heterocycles. The predicted molar refractivity (Wildman–Crippen MR) is 123 cm³/mol. The van der Waals surface area contributed by atoms with Crippen LogP contribution in [0.4, 0.5) is 0 Å². The lowest BCUT2D eigenvalue weighted by atomic mass is 9.98. The summed E-state index contributed by atoms with van der Waals surface area (Å²) in [5, 5.41) is 3.31. The normalized spacial score (nSPS) is 21.2. The first-order chi connectivity index (χ1) is 14.3. The average Bonchev–Trinajstić information content (AvgIpc) is 3.15. The first-order valence-electron chi connectivity index (χ1n) is 10.7. The third-order valence-corrected chi connectivity index (χ3v) is 10.6. The number of aromatic nitrogens is 1. The first kappa shape index (κ1) is 17.3. The van der Waals surface area contributed by atoms with Crippen LogP contribution >= 0.6 is 7.14 Å². The number of rotatable bonds is 1. The second-order valence-electron chi connectivity index (χ2n) is 8.40. The molecule has 2 aliphatic rings. The van der Waals surface area contributed by atoms with E-state index < -0.39 is 7.14 Å². The molecule has 0 radical (unpaired) electrons. The predicted octanol–water partition coefficient (Wildman–Crippen LogP) is 6.46. The molecule has 1 aromatic heterocycles. The molecule has 1 saturated carbocycles. The van der Waals surface area contributed by atoms with Crippen LogP contribution in [0.25, 0.3) is 33.3 Å². The Kier molecular flexibility index (Phi) is 3.86. The first-order valence-corrected chi connectivity index (χ1v) is 12.5. The fourth-order valence-electron chi connectivity index (χ4n) is 5.54. The van der Waals surface area contributed by atoms with Crippen LogP contribution in [0.1, 0.15) is 32.1 Å². The average molecular weight is 397 g/mol. The monoisotopic (exact) mass is 397 g/mol. The standard InChI is InChI=1S/C26H24NOP/c28-29(18-10-2-1-3-11-18)23-16-8-5-13-20(23)25-19-12-4-7-15-22(19)27-26(25)21-14-6-9-17-24(21)29/h4-9,12-18,27H,1-3,10-11H2. The van der Waals surface area contributed by atoms with Crippen molar-refractivity contribution in [2.45, 2.75) is 37.8 Å². The lowest BCUT2D eigenvalue weighted by Gasteiger charge is -2.32. The van der Waals surface area contributed by atoms with Crippen molar-refractivity contribution >= 4 is 28.7 Å². The van der Waals surface area contributed by atoms with Crippen molar-refractivity contribution in [2.75, 3.05) is 0 Å². The Hall–Kier alpha value is -2.57. The highest BCUT2D eigenvalue weighted by atomic mass is 31.2. The largest absolute Gasteiger partial charge is 0.354 e. The summed E-state index contributed by atoms with van der Waals surface area (Å²) >= 11 is 0. The van der Waals surface area contributed by atoms with Gasteiger partial charge < -0.3 is 9.55 Å². The van der Waals surface area contributed by atoms with E-state index in [9.17, 15) is 0 Å². The second-order valence-corrected chi connectivity index (χ2v) is 11.4. The number of H-pyrrole nitrogens is 1. The molecule has 2 nitrogen and oxygen atoms in total. The maximum atomic E-state index is 15.1. The minimum atomic E-state index is -2.76. The summed E-state index contributed by atoms with van der Waals surface area (Å²) in [4.78, 5) is 3.67. The van der Waals surface area contributed by atoms with Crippen LogP contribution in [0.15, 0.2) is 72.8 Å². The smallest absolute Gasteiger partial charge is 0.147 e. The van der Waals surface area contributed by atoms with E-state index in [1.807, 2.05) is 0 Å². The molecule has 29 heavy (non-hydrogen) atoms. The Morgan fingerprint density at radius 2 is 1.34 bits per heavy atom. The van der Waals surface area contributed by atoms with Gasteiger partial charge in [-0.2, -0.15) is 0 Å². The van der Waals surface area contributed by atoms with Crippen molar-refractivity contribution in [1.29, 1.82) is 0 Å². The molecule has 1 aliphatic heterocycles. The SMILES string of the molecule is O=P1(C2CCCCC2)c2ccccc2-c2[nH]c3ccccc3c2-c2ccccc21. The van der Waals surface area contributed by atoms with E-state index in [0.717, 1.165) is 45.8 Å². The second kappa shape index (κ2) is 6.47. The van der Waals surface area contributed by atoms with Gasteiger partial charge in [0, 0.05) is 38.3 Å². The maximum absolute atomic E-state index is 15.1. The topological polar surface area (TPSA) is 32.9 Å². The third kappa shape index (κ3) is 2.39. The summed E-state index contributed by atoms with van der Waals surface area (Å²) in [7, 11) is -2.76. The van der Waals surface area contributed by atoms with Crippen LogP contribution in [0.5, 0.6) is 0 Å². The van der Waals surface area contributed by atoms with Crippen LogP contribution in [-0.4, -0.2) is 10.6 Å². The number of aromatic amines is 1. The summed E-state index contributed by atoms with van der Waals surface area (Å²) in [5.41, 5.74) is 5.96. The molecule has 0 spiro atoms. The molecule has 144 valence electrons. The van der Waals surface area contributed by atoms with Crippen molar-refractivity contribution < 1.29 is 4.57 Å². The Balaban J connectivity index is 1.77. The maximum Gasteiger partial charge on any atom is 0.147 e. The van der Waals surface area contributed by atoms with Gasteiger partial charge in [-0.25, -0.2) is 0 Å². The number of nitrogens with one attached hydrogen (secondary N) is 1. The van der Waals surface area contributed by atoms with Gasteiger partial charge in [0.05, 0.1) is 5.69 Å². The Bertz CT molecular complexity index is 1280. The van der Waals surface area contributed by atoms with Gasteiger partial charge in [-0.1, -0.05) is 86.0 Å². The number of fused-ring (bicyclic) bond motifs is 7. The van der Waals surface area contributed by atoms with E-state index in [4.69, 9.17) is 0 Å². The number of hydrogen-bond donors (Lipinski definition) is 1. The molecular formula is C26H24NOP. The lowest BCUT2D eigenvalue weighted by Crippen LogP contribution is -2.28. The van der Waals surface area contributed by atoms with Gasteiger partial charge in [0.15, 0.2) is 0 Å². The zero-order valence-electron chi connectivity index (χ0n) is 16.4. The van der Waals surface area contributed by atoms with Crippen molar-refractivity contribution in [1.82, 2.24) is 4.98 Å². The van der Waals surface area contributed by atoms with Crippen molar-refractivity contribution in [3.63, 3.8) is 0 Å². The highest BCUT2D eigenvalue weighted by molar-refractivity contribution is 7.79. The summed E-state index contributed by atoms with van der Waals surface area (Å²) in [6.45, 7) is 0. The Morgan fingerprint density at radius 3 is 2.14 bits per heavy atom. The van der Waals surface area contributed by atoms with E-state index in [2.05, 4.69) is 77.8 Å². The van der Waals surface area contributed by atoms with Gasteiger partial charge >= 0.3 is 0 Å². The number of para-hydroxylation sites is 1. The molecule has 1 fully saturated rings. The molecule has 1 atom stereocenters. The third-order valence-electron chi connectivity index (χ3n) is 6.86. The van der Waals surface area contributed by atoms with E-state index in [1.54, 1.807) is 0 Å². The zero-order valence-corrected chi connectivity index (χ0v) is 17.3. The molecule has 1 aliphatic carbocycles. The molecule has 4 aromatic rings. The van der Waals surface area contributed by atoms with Crippen molar-refractivity contribution in [2.24, 2.45) is 0 Å². The summed E-state index contributed by atoms with van der Waals surface area (Å²) in [6.07, 6.45) is 5.77. The van der Waals surface area contributed by atoms with Gasteiger partial charge in [0.2, 0.25) is 0 Å². The molecule has 0 bridgehead atoms. The van der Waals surface area contributed by atoms with E-state index in [0.29, 0.717) is 0 Å². The zero-order chi connectivity index (χ0) is 19.4. The lowest BCUT2D eigenvalue weighted by molar-refractivity contribution is 0.490. The summed E-state index contributed by atoms with van der Waals surface area (Å²) < 4.78 is 15.1. The molecule has 1 N–H and O–H groups in total. The van der Waals surface area contributed by atoms with Crippen LogP contribution < -0.4 is 10.6 Å². The number of hydrogen-bond acceptors (Lipinski definition) is 1. The highest BCUT2D eigenvalue weighted by Gasteiger charge is 2.42. The molecule has 3 heteroatoms. The van der Waals surface area contributed by atoms with Gasteiger partial charge in [-0.3, -0.25) is 0 Å². The Morgan fingerprint density at radius 1 is 0.724 bits per heavy atom. The van der Waals surface area contributed by atoms with Crippen molar-refractivity contribution in [3.05, 3.63) is 72.8 Å². The fourth-order valence-corrected chi connectivity index (χ4v) is 9.38. The van der Waals surface area contributed by atoms with Crippen LogP contribution in [0.2, 0.25) is 0 Å². The molecule has 0 amide bonds. The van der Waals surface area contributed by atoms with Crippen LogP contribution in [0, 0.1) is 0 Å². The molecule has 6 rings (SSSR count). The number of benzene rings is 3. The molecule has 1 unspecified atom stereocenters. The molecule has 0 saturated heterocycles. The van der Waals surface area contributed by atoms with Crippen LogP contribution in [-0.2, 0) is 4.57 Å². The van der Waals surface area contributed by atoms with E-state index in [-0.39, 0.29) is 5.66 Å². The highest BCUT2D eigenvalue weighted by Crippen LogP contribution is 2.59. The summed E-state index contributed by atoms with van der Waals surface area (Å²) in [6, 6.07) is 25.4. The van der Waals surface area contributed by atoms with Gasteiger partial charge in [-0.05, 0) is 24.5 Å². The minimum absolute atomic E-state index is 0.244. The summed E-state index contributed by atoms with van der Waals surface area (Å²) in [5.74, 6) is 0. The fraction of sp³-hybridized carbons (Fsp3) is 0.231. The van der Waals surface area contributed by atoms with Gasteiger partial charge in [0.1, 0.15) is 7.14 Å². The van der Waals surface area contributed by atoms with Crippen molar-refractivity contribution in [3.8, 4) is 22.4 Å². The quantitative estimate of drug-likeness (QED) is 0.367.